The molecule has 0 radical (unpaired) electrons. The first kappa shape index (κ1) is 21.1. The Morgan fingerprint density at radius 3 is 2.58 bits per heavy atom. The zero-order valence-electron chi connectivity index (χ0n) is 19.8. The molecule has 2 saturated heterocycles. The molecule has 0 bridgehead atoms. The van der Waals surface area contributed by atoms with Crippen molar-refractivity contribution in [3.8, 4) is 0 Å². The summed E-state index contributed by atoms with van der Waals surface area (Å²) in [6, 6.07) is 0. The zero-order chi connectivity index (χ0) is 21.8. The predicted octanol–water partition coefficient (Wildman–Crippen LogP) is 4.68. The lowest BCUT2D eigenvalue weighted by Gasteiger charge is -2.59. The summed E-state index contributed by atoms with van der Waals surface area (Å²) in [5.74, 6) is 3.17. The van der Waals surface area contributed by atoms with Gasteiger partial charge in [0, 0.05) is 24.2 Å². The summed E-state index contributed by atoms with van der Waals surface area (Å²) in [5.41, 5.74) is 1.48. The maximum Gasteiger partial charge on any atom is 0.171 e. The standard InChI is InChI=1S/C27H42O4/c1-15-7-10-27(30-14-15)16(2)24-22(31-27)13-21-19-6-5-17-11-18(28)12-23(29)26(17,4)20(19)8-9-25(21,24)3/h5,15-16,18-24,28-29H,6-14H2,1-4H3/t15-,16+,18+,19-,20+,21-,22+,23-,24+,25+,26+,27-/m1/s1. The summed E-state index contributed by atoms with van der Waals surface area (Å²) in [7, 11) is 0. The molecule has 4 nitrogen and oxygen atoms in total. The van der Waals surface area contributed by atoms with Gasteiger partial charge in [0.15, 0.2) is 5.79 Å². The molecule has 5 fully saturated rings. The van der Waals surface area contributed by atoms with E-state index in [1.165, 1.54) is 24.8 Å². The van der Waals surface area contributed by atoms with Crippen molar-refractivity contribution in [3.05, 3.63) is 11.6 Å². The van der Waals surface area contributed by atoms with Crippen LogP contribution in [-0.2, 0) is 9.47 Å². The summed E-state index contributed by atoms with van der Waals surface area (Å²) in [6.45, 7) is 10.4. The lowest BCUT2D eigenvalue weighted by atomic mass is 9.46. The van der Waals surface area contributed by atoms with Crippen molar-refractivity contribution in [1.82, 2.24) is 0 Å². The van der Waals surface area contributed by atoms with Gasteiger partial charge >= 0.3 is 0 Å². The molecule has 0 aromatic heterocycles. The van der Waals surface area contributed by atoms with Crippen molar-refractivity contribution in [2.75, 3.05) is 6.61 Å². The molecule has 3 saturated carbocycles. The molecule has 12 atom stereocenters. The third kappa shape index (κ3) is 2.68. The van der Waals surface area contributed by atoms with E-state index in [9.17, 15) is 10.2 Å². The highest BCUT2D eigenvalue weighted by Crippen LogP contribution is 2.70. The minimum atomic E-state index is -0.420. The number of aliphatic hydroxyl groups is 2. The molecule has 31 heavy (non-hydrogen) atoms. The van der Waals surface area contributed by atoms with E-state index in [4.69, 9.17) is 9.47 Å². The second-order valence-electron chi connectivity index (χ2n) is 12.8. The van der Waals surface area contributed by atoms with E-state index in [0.29, 0.717) is 53.4 Å². The third-order valence-electron chi connectivity index (χ3n) is 11.4. The largest absolute Gasteiger partial charge is 0.393 e. The zero-order valence-corrected chi connectivity index (χ0v) is 19.8. The van der Waals surface area contributed by atoms with Crippen molar-refractivity contribution in [2.24, 2.45) is 46.3 Å². The van der Waals surface area contributed by atoms with Crippen LogP contribution in [0, 0.1) is 46.3 Å². The number of ether oxygens (including phenoxy) is 2. The van der Waals surface area contributed by atoms with Gasteiger partial charge in [0.05, 0.1) is 24.9 Å². The van der Waals surface area contributed by atoms with Gasteiger partial charge in [-0.15, -0.1) is 0 Å². The van der Waals surface area contributed by atoms with Crippen molar-refractivity contribution in [1.29, 1.82) is 0 Å². The molecule has 6 aliphatic rings. The van der Waals surface area contributed by atoms with Crippen LogP contribution in [-0.4, -0.2) is 40.9 Å². The molecule has 0 aromatic carbocycles. The number of rotatable bonds is 0. The van der Waals surface area contributed by atoms with Gasteiger partial charge in [-0.05, 0) is 73.5 Å². The first-order chi connectivity index (χ1) is 14.7. The van der Waals surface area contributed by atoms with Crippen LogP contribution in [0.2, 0.25) is 0 Å². The van der Waals surface area contributed by atoms with Crippen LogP contribution in [0.15, 0.2) is 11.6 Å². The molecule has 0 aromatic rings. The van der Waals surface area contributed by atoms with Crippen LogP contribution in [0.5, 0.6) is 0 Å². The Bertz CT molecular complexity index is 769. The highest BCUT2D eigenvalue weighted by atomic mass is 16.7. The molecule has 1 spiro atoms. The monoisotopic (exact) mass is 430 g/mol. The molecule has 0 unspecified atom stereocenters. The Hall–Kier alpha value is -0.420. The van der Waals surface area contributed by atoms with Crippen LogP contribution in [0.25, 0.3) is 0 Å². The SMILES string of the molecule is C[C@@H]1CC[C@@]2(OC1)O[C@H]1C[C@@H]3[C@@H]4CC=C5C[C@H](O)C[C@@H](O)[C@]5(C)[C@H]4CC[C@]3(C)[C@H]1[C@@H]2C. The molecular weight excluding hydrogens is 388 g/mol. The average molecular weight is 431 g/mol. The van der Waals surface area contributed by atoms with Gasteiger partial charge in [-0.3, -0.25) is 0 Å². The summed E-state index contributed by atoms with van der Waals surface area (Å²) in [4.78, 5) is 0. The molecule has 2 aliphatic heterocycles. The first-order valence-corrected chi connectivity index (χ1v) is 13.1. The number of hydrogen-bond acceptors (Lipinski definition) is 4. The summed E-state index contributed by atoms with van der Waals surface area (Å²) in [6.07, 6.45) is 10.2. The van der Waals surface area contributed by atoms with Crippen molar-refractivity contribution >= 4 is 0 Å². The second-order valence-corrected chi connectivity index (χ2v) is 12.8. The van der Waals surface area contributed by atoms with E-state index in [2.05, 4.69) is 33.8 Å². The van der Waals surface area contributed by atoms with Gasteiger partial charge in [-0.25, -0.2) is 0 Å². The number of allylic oxidation sites excluding steroid dienone is 1. The minimum absolute atomic E-state index is 0.155. The van der Waals surface area contributed by atoms with Crippen molar-refractivity contribution in [3.63, 3.8) is 0 Å². The fraction of sp³-hybridized carbons (Fsp3) is 0.926. The normalized spacial score (nSPS) is 60.7. The van der Waals surface area contributed by atoms with Gasteiger partial charge in [-0.2, -0.15) is 0 Å². The number of fused-ring (bicyclic) bond motifs is 7. The lowest BCUT2D eigenvalue weighted by Crippen LogP contribution is -2.56. The Labute approximate surface area is 187 Å². The lowest BCUT2D eigenvalue weighted by molar-refractivity contribution is -0.272. The molecule has 174 valence electrons. The van der Waals surface area contributed by atoms with Crippen molar-refractivity contribution < 1.29 is 19.7 Å². The molecule has 0 amide bonds. The molecule has 2 N–H and O–H groups in total. The summed E-state index contributed by atoms with van der Waals surface area (Å²) < 4.78 is 13.3. The smallest absolute Gasteiger partial charge is 0.171 e. The second kappa shape index (κ2) is 6.81. The topological polar surface area (TPSA) is 58.9 Å². The molecular formula is C27H42O4. The van der Waals surface area contributed by atoms with Gasteiger partial charge in [0.25, 0.3) is 0 Å². The Kier molecular flexibility index (Phi) is 4.64. The fourth-order valence-corrected chi connectivity index (χ4v) is 9.72. The first-order valence-electron chi connectivity index (χ1n) is 13.1. The molecule has 6 rings (SSSR count). The molecule has 2 heterocycles. The van der Waals surface area contributed by atoms with Gasteiger partial charge in [0.1, 0.15) is 0 Å². The van der Waals surface area contributed by atoms with Gasteiger partial charge < -0.3 is 19.7 Å². The highest BCUT2D eigenvalue weighted by Gasteiger charge is 2.69. The third-order valence-corrected chi connectivity index (χ3v) is 11.4. The molecule has 4 aliphatic carbocycles. The van der Waals surface area contributed by atoms with Crippen molar-refractivity contribution in [2.45, 2.75) is 103 Å². The van der Waals surface area contributed by atoms with E-state index in [1.807, 2.05) is 0 Å². The number of aliphatic hydroxyl groups excluding tert-OH is 2. The maximum absolute atomic E-state index is 11.1. The minimum Gasteiger partial charge on any atom is -0.393 e. The average Bonchev–Trinajstić information content (AvgIpc) is 3.16. The number of hydrogen-bond donors (Lipinski definition) is 2. The quantitative estimate of drug-likeness (QED) is 0.548. The maximum atomic E-state index is 11.1. The van der Waals surface area contributed by atoms with E-state index < -0.39 is 6.10 Å². The van der Waals surface area contributed by atoms with Crippen LogP contribution in [0.3, 0.4) is 0 Å². The predicted molar refractivity (Wildman–Crippen MR) is 119 cm³/mol. The van der Waals surface area contributed by atoms with E-state index in [0.717, 1.165) is 32.3 Å². The van der Waals surface area contributed by atoms with Gasteiger partial charge in [0.2, 0.25) is 0 Å². The highest BCUT2D eigenvalue weighted by molar-refractivity contribution is 5.28. The van der Waals surface area contributed by atoms with E-state index >= 15 is 0 Å². The summed E-state index contributed by atoms with van der Waals surface area (Å²) in [5, 5.41) is 21.4. The van der Waals surface area contributed by atoms with Crippen LogP contribution >= 0.6 is 0 Å². The van der Waals surface area contributed by atoms with Crippen LogP contribution in [0.4, 0.5) is 0 Å². The van der Waals surface area contributed by atoms with E-state index in [1.54, 1.807) is 0 Å². The van der Waals surface area contributed by atoms with Crippen LogP contribution < -0.4 is 0 Å². The fourth-order valence-electron chi connectivity index (χ4n) is 9.72. The summed E-state index contributed by atoms with van der Waals surface area (Å²) >= 11 is 0. The molecule has 4 heteroatoms. The van der Waals surface area contributed by atoms with Gasteiger partial charge in [-0.1, -0.05) is 39.3 Å². The Morgan fingerprint density at radius 2 is 1.84 bits per heavy atom. The van der Waals surface area contributed by atoms with E-state index in [-0.39, 0.29) is 17.3 Å². The Morgan fingerprint density at radius 1 is 1.03 bits per heavy atom. The Balaban J connectivity index is 1.29. The van der Waals surface area contributed by atoms with Crippen LogP contribution in [0.1, 0.15) is 79.1 Å².